The molecule has 1 aromatic carbocycles. The van der Waals surface area contributed by atoms with E-state index in [0.717, 1.165) is 19.3 Å². The molecule has 0 bridgehead atoms. The van der Waals surface area contributed by atoms with Crippen molar-refractivity contribution in [2.75, 3.05) is 68.7 Å². The molecular formula is C26H39N5O8S. The summed E-state index contributed by atoms with van der Waals surface area (Å²) in [4.78, 5) is 47.6. The Morgan fingerprint density at radius 3 is 2.45 bits per heavy atom. The van der Waals surface area contributed by atoms with Crippen LogP contribution in [0.15, 0.2) is 21.3 Å². The van der Waals surface area contributed by atoms with Crippen molar-refractivity contribution in [1.29, 1.82) is 0 Å². The Morgan fingerprint density at radius 2 is 1.88 bits per heavy atom. The molecule has 2 amide bonds. The minimum absolute atomic E-state index is 0.0554. The normalized spacial score (nSPS) is 15.6. The van der Waals surface area contributed by atoms with E-state index in [0.29, 0.717) is 37.6 Å². The number of carbonyl (C=O) groups is 2. The van der Waals surface area contributed by atoms with Crippen LogP contribution >= 0.6 is 0 Å². The molecule has 1 aliphatic rings. The summed E-state index contributed by atoms with van der Waals surface area (Å²) >= 11 is 0. The number of rotatable bonds is 10. The van der Waals surface area contributed by atoms with Crippen LogP contribution in [-0.2, 0) is 19.4 Å². The maximum absolute atomic E-state index is 13.3. The second kappa shape index (κ2) is 12.5. The van der Waals surface area contributed by atoms with E-state index < -0.39 is 33.1 Å². The first kappa shape index (κ1) is 31.3. The molecule has 13 nitrogen and oxygen atoms in total. The number of hydrogen-bond donors (Lipinski definition) is 2. The Morgan fingerprint density at radius 1 is 1.23 bits per heavy atom. The highest BCUT2D eigenvalue weighted by Crippen LogP contribution is 2.31. The quantitative estimate of drug-likeness (QED) is 0.420. The Balaban J connectivity index is 1.89. The van der Waals surface area contributed by atoms with Gasteiger partial charge in [-0.25, -0.2) is 18.0 Å². The van der Waals surface area contributed by atoms with Gasteiger partial charge in [-0.2, -0.15) is 4.98 Å². The van der Waals surface area contributed by atoms with Gasteiger partial charge in [0.05, 0.1) is 35.6 Å². The Labute approximate surface area is 234 Å². The molecule has 0 unspecified atom stereocenters. The number of aromatic nitrogens is 1. The fourth-order valence-corrected chi connectivity index (χ4v) is 5.26. The first-order valence-electron chi connectivity index (χ1n) is 13.1. The lowest BCUT2D eigenvalue weighted by molar-refractivity contribution is -0.131. The number of likely N-dealkylation sites (N-methyl/N-ethyl adjacent to an activating group) is 1. The lowest BCUT2D eigenvalue weighted by Crippen LogP contribution is -2.46. The van der Waals surface area contributed by atoms with Gasteiger partial charge < -0.3 is 24.5 Å². The van der Waals surface area contributed by atoms with Crippen molar-refractivity contribution < 1.29 is 32.3 Å². The van der Waals surface area contributed by atoms with Gasteiger partial charge in [-0.3, -0.25) is 14.6 Å². The van der Waals surface area contributed by atoms with E-state index in [4.69, 9.17) is 9.15 Å². The van der Waals surface area contributed by atoms with E-state index in [9.17, 15) is 27.9 Å². The van der Waals surface area contributed by atoms with Gasteiger partial charge in [0.15, 0.2) is 0 Å². The van der Waals surface area contributed by atoms with Gasteiger partial charge in [0.2, 0.25) is 5.91 Å². The van der Waals surface area contributed by atoms with Crippen molar-refractivity contribution >= 4 is 44.4 Å². The highest BCUT2D eigenvalue weighted by molar-refractivity contribution is 7.90. The zero-order valence-electron chi connectivity index (χ0n) is 23.9. The summed E-state index contributed by atoms with van der Waals surface area (Å²) < 4.78 is 34.5. The lowest BCUT2D eigenvalue weighted by Gasteiger charge is -2.34. The number of morpholine rings is 1. The highest BCUT2D eigenvalue weighted by atomic mass is 32.2. The fourth-order valence-electron chi connectivity index (χ4n) is 4.59. The molecule has 3 rings (SSSR count). The molecule has 0 saturated carbocycles. The molecule has 1 fully saturated rings. The zero-order chi connectivity index (χ0) is 29.8. The summed E-state index contributed by atoms with van der Waals surface area (Å²) in [6.07, 6.45) is -0.139. The van der Waals surface area contributed by atoms with Crippen LogP contribution in [0, 0.1) is 6.92 Å². The van der Waals surface area contributed by atoms with Crippen molar-refractivity contribution in [1.82, 2.24) is 14.8 Å². The Bertz CT molecular complexity index is 1400. The number of hydrogen-bond acceptors (Lipinski definition) is 10. The minimum Gasteiger partial charge on any atom is -0.465 e. The molecule has 2 aromatic rings. The largest absolute Gasteiger partial charge is 0.465 e. The second-order valence-corrected chi connectivity index (χ2v) is 13.3. The van der Waals surface area contributed by atoms with E-state index in [1.165, 1.54) is 15.9 Å². The number of ether oxygens (including phenoxy) is 1. The van der Waals surface area contributed by atoms with Crippen molar-refractivity contribution in [2.45, 2.75) is 45.7 Å². The van der Waals surface area contributed by atoms with Crippen LogP contribution < -0.4 is 15.8 Å². The molecule has 0 radical (unpaired) electrons. The standard InChI is InChI=1S/C26H39N5O8S/c1-17-20(31(25(34)35)26(2,3)4)8-7-18-21(17)23(33)39-24(27-18)28-19(9-16-40(6,36)37)22(32)29(5)10-11-30-12-14-38-15-13-30/h7-8,19H,9-16H2,1-6H3,(H,27,28)(H,34,35)/t19-/m0/s1. The first-order chi connectivity index (χ1) is 18.6. The number of anilines is 2. The van der Waals surface area contributed by atoms with Gasteiger partial charge in [0, 0.05) is 45.0 Å². The fraction of sp³-hybridized carbons (Fsp3) is 0.615. The summed E-state index contributed by atoms with van der Waals surface area (Å²) in [6.45, 7) is 10.7. The predicted molar refractivity (Wildman–Crippen MR) is 152 cm³/mol. The van der Waals surface area contributed by atoms with Crippen LogP contribution in [0.5, 0.6) is 0 Å². The van der Waals surface area contributed by atoms with Crippen LogP contribution in [0.4, 0.5) is 16.5 Å². The van der Waals surface area contributed by atoms with E-state index in [1.807, 2.05) is 0 Å². The third kappa shape index (κ3) is 7.92. The number of nitrogens with one attached hydrogen (secondary N) is 1. The minimum atomic E-state index is -3.38. The summed E-state index contributed by atoms with van der Waals surface area (Å²) in [5.41, 5.74) is -0.587. The number of carboxylic acid groups (broad SMARTS) is 1. The Hall–Kier alpha value is -3.23. The lowest BCUT2D eigenvalue weighted by atomic mass is 10.0. The summed E-state index contributed by atoms with van der Waals surface area (Å²) in [5, 5.41) is 12.7. The van der Waals surface area contributed by atoms with Gasteiger partial charge in [-0.1, -0.05) is 0 Å². The van der Waals surface area contributed by atoms with Gasteiger partial charge >= 0.3 is 11.7 Å². The van der Waals surface area contributed by atoms with E-state index in [-0.39, 0.29) is 35.0 Å². The maximum Gasteiger partial charge on any atom is 0.412 e. The third-order valence-corrected chi connectivity index (χ3v) is 7.71. The molecule has 14 heteroatoms. The number of aryl methyl sites for hydroxylation is 1. The molecule has 1 saturated heterocycles. The molecule has 40 heavy (non-hydrogen) atoms. The number of fused-ring (bicyclic) bond motifs is 1. The van der Waals surface area contributed by atoms with E-state index in [2.05, 4.69) is 15.2 Å². The monoisotopic (exact) mass is 581 g/mol. The average molecular weight is 582 g/mol. The van der Waals surface area contributed by atoms with E-state index in [1.54, 1.807) is 40.8 Å². The Kier molecular flexibility index (Phi) is 9.80. The molecule has 1 aliphatic heterocycles. The van der Waals surface area contributed by atoms with Crippen LogP contribution in [0.2, 0.25) is 0 Å². The van der Waals surface area contributed by atoms with Gasteiger partial charge in [0.1, 0.15) is 15.9 Å². The number of benzene rings is 1. The van der Waals surface area contributed by atoms with Crippen LogP contribution in [0.25, 0.3) is 10.9 Å². The molecule has 1 aromatic heterocycles. The molecule has 222 valence electrons. The summed E-state index contributed by atoms with van der Waals surface area (Å²) in [6, 6.07) is 1.84. The first-order valence-corrected chi connectivity index (χ1v) is 15.1. The highest BCUT2D eigenvalue weighted by Gasteiger charge is 2.31. The topological polar surface area (TPSA) is 163 Å². The van der Waals surface area contributed by atoms with Crippen molar-refractivity contribution in [3.8, 4) is 0 Å². The number of amides is 2. The van der Waals surface area contributed by atoms with Crippen molar-refractivity contribution in [3.63, 3.8) is 0 Å². The molecule has 0 aliphatic carbocycles. The predicted octanol–water partition coefficient (Wildman–Crippen LogP) is 1.79. The smallest absolute Gasteiger partial charge is 0.412 e. The van der Waals surface area contributed by atoms with Crippen LogP contribution in [-0.4, -0.2) is 110 Å². The number of sulfone groups is 1. The van der Waals surface area contributed by atoms with Crippen molar-refractivity contribution in [3.05, 3.63) is 28.1 Å². The van der Waals surface area contributed by atoms with Crippen LogP contribution in [0.3, 0.4) is 0 Å². The average Bonchev–Trinajstić information content (AvgIpc) is 2.85. The third-order valence-electron chi connectivity index (χ3n) is 6.74. The number of carbonyl (C=O) groups excluding carboxylic acids is 1. The van der Waals surface area contributed by atoms with Gasteiger partial charge in [-0.05, 0) is 51.8 Å². The molecule has 2 heterocycles. The SMILES string of the molecule is Cc1c(N(C(=O)O)C(C)(C)C)ccc2nc(N[C@@H](CCS(C)(=O)=O)C(=O)N(C)CCN3CCOCC3)oc(=O)c12. The van der Waals surface area contributed by atoms with Gasteiger partial charge in [-0.15, -0.1) is 0 Å². The van der Waals surface area contributed by atoms with Crippen molar-refractivity contribution in [2.24, 2.45) is 0 Å². The van der Waals surface area contributed by atoms with E-state index >= 15 is 0 Å². The maximum atomic E-state index is 13.3. The number of nitrogens with zero attached hydrogens (tertiary/aromatic N) is 4. The summed E-state index contributed by atoms with van der Waals surface area (Å²) in [5.74, 6) is -0.624. The van der Waals surface area contributed by atoms with Gasteiger partial charge in [0.25, 0.3) is 6.01 Å². The molecule has 2 N–H and O–H groups in total. The molecule has 1 atom stereocenters. The summed E-state index contributed by atoms with van der Waals surface area (Å²) in [7, 11) is -1.74. The molecular weight excluding hydrogens is 542 g/mol. The zero-order valence-corrected chi connectivity index (χ0v) is 24.7. The molecule has 0 spiro atoms. The van der Waals surface area contributed by atoms with Crippen LogP contribution in [0.1, 0.15) is 32.8 Å². The second-order valence-electron chi connectivity index (χ2n) is 11.0.